The molecular formula is C27H31N5O7. The molecule has 12 nitrogen and oxygen atoms in total. The Morgan fingerprint density at radius 1 is 1.15 bits per heavy atom. The second-order valence-corrected chi connectivity index (χ2v) is 9.95. The van der Waals surface area contributed by atoms with E-state index in [1.807, 2.05) is 19.1 Å². The third-order valence-electron chi connectivity index (χ3n) is 7.16. The van der Waals surface area contributed by atoms with Crippen LogP contribution in [0.15, 0.2) is 18.5 Å². The van der Waals surface area contributed by atoms with Crippen LogP contribution < -0.4 is 19.5 Å². The van der Waals surface area contributed by atoms with Gasteiger partial charge in [-0.3, -0.25) is 4.79 Å². The Labute approximate surface area is 224 Å². The molecule has 206 valence electrons. The number of benzene rings is 1. The molecule has 12 heteroatoms. The average molecular weight is 538 g/mol. The summed E-state index contributed by atoms with van der Waals surface area (Å²) in [5, 5.41) is 4.68. The maximum absolute atomic E-state index is 13.5. The largest absolute Gasteiger partial charge is 0.527 e. The lowest BCUT2D eigenvalue weighted by Crippen LogP contribution is -2.45. The second kappa shape index (κ2) is 10.6. The Morgan fingerprint density at radius 3 is 2.74 bits per heavy atom. The number of carbonyl (C=O) groups is 2. The molecule has 3 aromatic rings. The second-order valence-electron chi connectivity index (χ2n) is 9.95. The number of rotatable bonds is 8. The van der Waals surface area contributed by atoms with E-state index in [1.165, 1.54) is 19.2 Å². The number of piperidine rings is 1. The molecule has 1 saturated heterocycles. The first-order valence-electron chi connectivity index (χ1n) is 13.3. The van der Waals surface area contributed by atoms with Gasteiger partial charge in [0, 0.05) is 24.8 Å². The normalized spacial score (nSPS) is 17.3. The quantitative estimate of drug-likeness (QED) is 0.409. The molecular weight excluding hydrogens is 506 g/mol. The number of nitrogens with zero attached hydrogens (tertiary/aromatic N) is 3. The summed E-state index contributed by atoms with van der Waals surface area (Å²) in [5.74, 6) is 2.19. The fourth-order valence-electron chi connectivity index (χ4n) is 4.98. The topological polar surface area (TPSA) is 137 Å². The summed E-state index contributed by atoms with van der Waals surface area (Å²) in [6.45, 7) is 5.55. The van der Waals surface area contributed by atoms with Gasteiger partial charge in [-0.15, -0.1) is 5.06 Å². The average Bonchev–Trinajstić information content (AvgIpc) is 3.51. The Kier molecular flexibility index (Phi) is 6.86. The number of hydroxylamine groups is 2. The van der Waals surface area contributed by atoms with Crippen LogP contribution in [0.4, 0.5) is 4.79 Å². The minimum atomic E-state index is -0.716. The number of hydrogen-bond donors (Lipinski definition) is 2. The van der Waals surface area contributed by atoms with Gasteiger partial charge >= 0.3 is 6.16 Å². The van der Waals surface area contributed by atoms with Crippen molar-refractivity contribution in [3.05, 3.63) is 29.7 Å². The lowest BCUT2D eigenvalue weighted by atomic mass is 10.0. The van der Waals surface area contributed by atoms with E-state index < -0.39 is 6.16 Å². The van der Waals surface area contributed by atoms with Gasteiger partial charge in [-0.2, -0.15) is 0 Å². The number of hydrogen-bond acceptors (Lipinski definition) is 10. The summed E-state index contributed by atoms with van der Waals surface area (Å²) in [6.07, 6.45) is 4.33. The first-order chi connectivity index (χ1) is 19.0. The van der Waals surface area contributed by atoms with E-state index in [9.17, 15) is 9.59 Å². The Bertz CT molecular complexity index is 1390. The van der Waals surface area contributed by atoms with Gasteiger partial charge in [-0.05, 0) is 57.6 Å². The SMILES string of the molecule is CCOC(=O)ON1CCC(NC(=O)c2c(C)[nH]c3c(-c4c(OCC5CC5)ccc5c4OCO5)ncnc23)CC1. The van der Waals surface area contributed by atoms with Crippen LogP contribution in [-0.4, -0.2) is 71.2 Å². The first-order valence-corrected chi connectivity index (χ1v) is 13.3. The van der Waals surface area contributed by atoms with E-state index >= 15 is 0 Å². The summed E-state index contributed by atoms with van der Waals surface area (Å²) < 4.78 is 22.5. The smallest absolute Gasteiger partial charge is 0.492 e. The van der Waals surface area contributed by atoms with Crippen LogP contribution in [0.2, 0.25) is 0 Å². The van der Waals surface area contributed by atoms with Crippen LogP contribution in [0.3, 0.4) is 0 Å². The van der Waals surface area contributed by atoms with Crippen LogP contribution in [0.5, 0.6) is 17.2 Å². The Hall–Kier alpha value is -4.06. The molecule has 2 aliphatic heterocycles. The van der Waals surface area contributed by atoms with E-state index in [0.29, 0.717) is 89.3 Å². The Morgan fingerprint density at radius 2 is 1.97 bits per heavy atom. The van der Waals surface area contributed by atoms with Crippen molar-refractivity contribution in [1.82, 2.24) is 25.3 Å². The molecule has 0 unspecified atom stereocenters. The minimum absolute atomic E-state index is 0.0735. The van der Waals surface area contributed by atoms with Crippen molar-refractivity contribution in [1.29, 1.82) is 0 Å². The third-order valence-corrected chi connectivity index (χ3v) is 7.16. The molecule has 0 spiro atoms. The summed E-state index contributed by atoms with van der Waals surface area (Å²) in [6, 6.07) is 3.64. The number of nitrogens with one attached hydrogen (secondary N) is 2. The number of aromatic amines is 1. The summed E-state index contributed by atoms with van der Waals surface area (Å²) >= 11 is 0. The predicted molar refractivity (Wildman–Crippen MR) is 139 cm³/mol. The van der Waals surface area contributed by atoms with Gasteiger partial charge in [0.1, 0.15) is 23.3 Å². The third kappa shape index (κ3) is 5.16. The van der Waals surface area contributed by atoms with Crippen molar-refractivity contribution >= 4 is 23.1 Å². The standard InChI is InChI=1S/C27H31N5O7/c1-3-35-27(34)39-32-10-8-17(9-11-32)31-26(33)20-15(2)30-24-22(20)28-13-29-23(24)21-18(36-12-16-4-5-16)6-7-19-25(21)38-14-37-19/h6-7,13,16-17,30H,3-5,8-12,14H2,1-2H3,(H,31,33). The van der Waals surface area contributed by atoms with Gasteiger partial charge in [-0.25, -0.2) is 14.8 Å². The van der Waals surface area contributed by atoms with Crippen LogP contribution in [0, 0.1) is 12.8 Å². The van der Waals surface area contributed by atoms with Crippen LogP contribution in [-0.2, 0) is 9.57 Å². The van der Waals surface area contributed by atoms with Gasteiger partial charge in [0.2, 0.25) is 6.79 Å². The highest BCUT2D eigenvalue weighted by molar-refractivity contribution is 6.09. The highest BCUT2D eigenvalue weighted by Gasteiger charge is 2.30. The molecule has 2 N–H and O–H groups in total. The zero-order valence-corrected chi connectivity index (χ0v) is 22.0. The van der Waals surface area contributed by atoms with Gasteiger partial charge in [0.25, 0.3) is 5.91 Å². The number of H-pyrrole nitrogens is 1. The van der Waals surface area contributed by atoms with E-state index in [-0.39, 0.29) is 25.3 Å². The number of fused-ring (bicyclic) bond motifs is 2. The molecule has 1 amide bonds. The fourth-order valence-corrected chi connectivity index (χ4v) is 4.98. The molecule has 39 heavy (non-hydrogen) atoms. The van der Waals surface area contributed by atoms with E-state index in [2.05, 4.69) is 20.3 Å². The molecule has 3 aliphatic rings. The number of aryl methyl sites for hydroxylation is 1. The number of ether oxygens (including phenoxy) is 4. The van der Waals surface area contributed by atoms with Crippen LogP contribution >= 0.6 is 0 Å². The molecule has 0 radical (unpaired) electrons. The highest BCUT2D eigenvalue weighted by Crippen LogP contribution is 2.48. The van der Waals surface area contributed by atoms with Gasteiger partial charge in [-0.1, -0.05) is 0 Å². The van der Waals surface area contributed by atoms with Gasteiger partial charge in [0.15, 0.2) is 11.5 Å². The maximum atomic E-state index is 13.5. The summed E-state index contributed by atoms with van der Waals surface area (Å²) in [5.41, 5.74) is 3.54. The maximum Gasteiger partial charge on any atom is 0.527 e. The van der Waals surface area contributed by atoms with Crippen LogP contribution in [0.1, 0.15) is 48.7 Å². The molecule has 0 atom stereocenters. The minimum Gasteiger partial charge on any atom is -0.492 e. The number of aromatic nitrogens is 3. The molecule has 1 saturated carbocycles. The van der Waals surface area contributed by atoms with Crippen molar-refractivity contribution in [2.45, 2.75) is 45.6 Å². The predicted octanol–water partition coefficient (Wildman–Crippen LogP) is 3.73. The molecule has 2 fully saturated rings. The van der Waals surface area contributed by atoms with E-state index in [1.54, 1.807) is 12.0 Å². The summed E-state index contributed by atoms with van der Waals surface area (Å²) in [7, 11) is 0. The van der Waals surface area contributed by atoms with Crippen molar-refractivity contribution in [3.8, 4) is 28.5 Å². The molecule has 4 heterocycles. The zero-order chi connectivity index (χ0) is 26.9. The lowest BCUT2D eigenvalue weighted by Gasteiger charge is -2.30. The van der Waals surface area contributed by atoms with Crippen molar-refractivity contribution in [3.63, 3.8) is 0 Å². The monoisotopic (exact) mass is 537 g/mol. The number of amides is 1. The van der Waals surface area contributed by atoms with Crippen LogP contribution in [0.25, 0.3) is 22.3 Å². The fraction of sp³-hybridized carbons (Fsp3) is 0.481. The lowest BCUT2D eigenvalue weighted by molar-refractivity contribution is -0.139. The first kappa shape index (κ1) is 25.2. The van der Waals surface area contributed by atoms with Crippen molar-refractivity contribution in [2.24, 2.45) is 5.92 Å². The van der Waals surface area contributed by atoms with Gasteiger partial charge < -0.3 is 34.1 Å². The molecule has 0 bridgehead atoms. The highest BCUT2D eigenvalue weighted by atomic mass is 16.8. The summed E-state index contributed by atoms with van der Waals surface area (Å²) in [4.78, 5) is 42.6. The van der Waals surface area contributed by atoms with Gasteiger partial charge in [0.05, 0.1) is 29.9 Å². The zero-order valence-electron chi connectivity index (χ0n) is 22.0. The van der Waals surface area contributed by atoms with E-state index in [0.717, 1.165) is 0 Å². The molecule has 1 aromatic carbocycles. The molecule has 2 aromatic heterocycles. The molecule has 1 aliphatic carbocycles. The van der Waals surface area contributed by atoms with Crippen molar-refractivity contribution in [2.75, 3.05) is 33.1 Å². The van der Waals surface area contributed by atoms with E-state index in [4.69, 9.17) is 23.8 Å². The Balaban J connectivity index is 1.24. The molecule has 6 rings (SSSR count). The number of carbonyl (C=O) groups excluding carboxylic acids is 2. The van der Waals surface area contributed by atoms with Crippen molar-refractivity contribution < 1.29 is 33.4 Å².